The summed E-state index contributed by atoms with van der Waals surface area (Å²) in [5.41, 5.74) is -0.439. The molecule has 98 valence electrons. The number of hydrogen-bond donors (Lipinski definition) is 1. The van der Waals surface area contributed by atoms with Crippen molar-refractivity contribution in [2.75, 3.05) is 18.0 Å². The van der Waals surface area contributed by atoms with Gasteiger partial charge in [-0.25, -0.2) is 9.97 Å². The van der Waals surface area contributed by atoms with Gasteiger partial charge in [-0.1, -0.05) is 12.8 Å². The Morgan fingerprint density at radius 2 is 2.28 bits per heavy atom. The molecule has 1 N–H and O–H groups in total. The molecule has 2 fully saturated rings. The molecule has 1 aromatic rings. The van der Waals surface area contributed by atoms with Gasteiger partial charge in [0.2, 0.25) is 5.28 Å². The quantitative estimate of drug-likeness (QED) is 0.793. The Balaban J connectivity index is 1.77. The van der Waals surface area contributed by atoms with E-state index in [1.54, 1.807) is 6.20 Å². The number of hydrogen-bond acceptors (Lipinski definition) is 4. The third kappa shape index (κ3) is 2.19. The number of piperidine rings is 1. The molecule has 4 nitrogen and oxygen atoms in total. The van der Waals surface area contributed by atoms with Crippen LogP contribution in [0.1, 0.15) is 32.1 Å². The molecule has 1 saturated carbocycles. The first-order valence-corrected chi connectivity index (χ1v) is 7.01. The summed E-state index contributed by atoms with van der Waals surface area (Å²) in [4.78, 5) is 10.4. The third-order valence-corrected chi connectivity index (χ3v) is 4.55. The third-order valence-electron chi connectivity index (χ3n) is 4.36. The number of fused-ring (bicyclic) bond motifs is 1. The highest BCUT2D eigenvalue weighted by atomic mass is 35.5. The molecule has 1 aromatic heterocycles. The van der Waals surface area contributed by atoms with Crippen LogP contribution >= 0.6 is 11.6 Å². The molecule has 0 bridgehead atoms. The number of aromatic nitrogens is 2. The zero-order valence-electron chi connectivity index (χ0n) is 10.3. The smallest absolute Gasteiger partial charge is 0.224 e. The minimum atomic E-state index is -0.439. The van der Waals surface area contributed by atoms with Crippen LogP contribution in [-0.2, 0) is 0 Å². The van der Waals surface area contributed by atoms with Gasteiger partial charge in [-0.2, -0.15) is 0 Å². The summed E-state index contributed by atoms with van der Waals surface area (Å²) in [7, 11) is 0. The predicted octanol–water partition coefficient (Wildman–Crippen LogP) is 2.26. The van der Waals surface area contributed by atoms with E-state index in [-0.39, 0.29) is 5.28 Å². The van der Waals surface area contributed by atoms with Crippen molar-refractivity contribution in [3.63, 3.8) is 0 Å². The highest BCUT2D eigenvalue weighted by molar-refractivity contribution is 6.28. The first-order chi connectivity index (χ1) is 8.67. The molecule has 0 radical (unpaired) electrons. The summed E-state index contributed by atoms with van der Waals surface area (Å²) < 4.78 is 0. The van der Waals surface area contributed by atoms with Crippen LogP contribution in [0.15, 0.2) is 12.3 Å². The fourth-order valence-electron chi connectivity index (χ4n) is 3.28. The van der Waals surface area contributed by atoms with Crippen LogP contribution in [0.4, 0.5) is 5.82 Å². The zero-order valence-corrected chi connectivity index (χ0v) is 11.1. The van der Waals surface area contributed by atoms with E-state index in [1.807, 2.05) is 6.07 Å². The van der Waals surface area contributed by atoms with Crippen LogP contribution in [0, 0.1) is 5.92 Å². The normalized spacial score (nSPS) is 32.1. The van der Waals surface area contributed by atoms with E-state index in [2.05, 4.69) is 14.9 Å². The lowest BCUT2D eigenvalue weighted by Crippen LogP contribution is -2.53. The maximum atomic E-state index is 10.6. The van der Waals surface area contributed by atoms with Gasteiger partial charge in [-0.15, -0.1) is 0 Å². The molecule has 18 heavy (non-hydrogen) atoms. The van der Waals surface area contributed by atoms with Crippen molar-refractivity contribution in [3.8, 4) is 0 Å². The summed E-state index contributed by atoms with van der Waals surface area (Å²) >= 11 is 5.83. The van der Waals surface area contributed by atoms with Crippen LogP contribution in [-0.4, -0.2) is 33.8 Å². The second kappa shape index (κ2) is 4.67. The SMILES string of the molecule is OC12CCCCC1CN(c1ccnc(Cl)n1)CC2. The maximum absolute atomic E-state index is 10.6. The molecule has 1 aliphatic heterocycles. The van der Waals surface area contributed by atoms with Gasteiger partial charge in [-0.05, 0) is 36.9 Å². The largest absolute Gasteiger partial charge is 0.389 e. The molecule has 3 rings (SSSR count). The molecular weight excluding hydrogens is 250 g/mol. The molecule has 2 aliphatic rings. The minimum Gasteiger partial charge on any atom is -0.389 e. The van der Waals surface area contributed by atoms with Gasteiger partial charge in [0, 0.05) is 25.2 Å². The lowest BCUT2D eigenvalue weighted by molar-refractivity contribution is -0.0613. The Labute approximate surface area is 112 Å². The molecule has 2 unspecified atom stereocenters. The molecule has 2 heterocycles. The predicted molar refractivity (Wildman–Crippen MR) is 70.8 cm³/mol. The Morgan fingerprint density at radius 3 is 3.11 bits per heavy atom. The highest BCUT2D eigenvalue weighted by Crippen LogP contribution is 2.40. The lowest BCUT2D eigenvalue weighted by atomic mass is 9.71. The maximum Gasteiger partial charge on any atom is 0.224 e. The average Bonchev–Trinajstić information content (AvgIpc) is 2.37. The van der Waals surface area contributed by atoms with Gasteiger partial charge >= 0.3 is 0 Å². The van der Waals surface area contributed by atoms with E-state index in [1.165, 1.54) is 6.42 Å². The zero-order chi connectivity index (χ0) is 12.6. The van der Waals surface area contributed by atoms with Crippen molar-refractivity contribution in [1.29, 1.82) is 0 Å². The van der Waals surface area contributed by atoms with Gasteiger partial charge < -0.3 is 10.0 Å². The van der Waals surface area contributed by atoms with Crippen molar-refractivity contribution in [3.05, 3.63) is 17.5 Å². The van der Waals surface area contributed by atoms with Gasteiger partial charge in [0.25, 0.3) is 0 Å². The van der Waals surface area contributed by atoms with Crippen molar-refractivity contribution < 1.29 is 5.11 Å². The Hall–Kier alpha value is -0.870. The monoisotopic (exact) mass is 267 g/mol. The van der Waals surface area contributed by atoms with Gasteiger partial charge in [0.15, 0.2) is 0 Å². The fourth-order valence-corrected chi connectivity index (χ4v) is 3.42. The summed E-state index contributed by atoms with van der Waals surface area (Å²) in [6.45, 7) is 1.73. The molecule has 5 heteroatoms. The van der Waals surface area contributed by atoms with E-state index < -0.39 is 5.60 Å². The molecule has 1 saturated heterocycles. The number of aliphatic hydroxyl groups is 1. The van der Waals surface area contributed by atoms with E-state index in [0.717, 1.165) is 44.6 Å². The summed E-state index contributed by atoms with van der Waals surface area (Å²) in [5.74, 6) is 1.25. The van der Waals surface area contributed by atoms with Crippen molar-refractivity contribution in [2.24, 2.45) is 5.92 Å². The van der Waals surface area contributed by atoms with Crippen molar-refractivity contribution in [1.82, 2.24) is 9.97 Å². The molecule has 0 spiro atoms. The van der Waals surface area contributed by atoms with Crippen LogP contribution in [0.2, 0.25) is 5.28 Å². The first-order valence-electron chi connectivity index (χ1n) is 6.63. The molecular formula is C13H18ClN3O. The van der Waals surface area contributed by atoms with E-state index in [0.29, 0.717) is 5.92 Å². The van der Waals surface area contributed by atoms with E-state index >= 15 is 0 Å². The molecule has 0 aromatic carbocycles. The van der Waals surface area contributed by atoms with E-state index in [4.69, 9.17) is 11.6 Å². The fraction of sp³-hybridized carbons (Fsp3) is 0.692. The second-order valence-corrected chi connectivity index (χ2v) is 5.76. The first kappa shape index (κ1) is 12.2. The number of anilines is 1. The van der Waals surface area contributed by atoms with Crippen LogP contribution in [0.25, 0.3) is 0 Å². The number of nitrogens with zero attached hydrogens (tertiary/aromatic N) is 3. The molecule has 0 amide bonds. The Bertz CT molecular complexity index is 442. The summed E-state index contributed by atoms with van der Waals surface area (Å²) in [5, 5.41) is 10.9. The van der Waals surface area contributed by atoms with Crippen molar-refractivity contribution >= 4 is 17.4 Å². The average molecular weight is 268 g/mol. The number of rotatable bonds is 1. The minimum absolute atomic E-state index is 0.289. The van der Waals surface area contributed by atoms with Crippen LogP contribution in [0.5, 0.6) is 0 Å². The Morgan fingerprint density at radius 1 is 1.39 bits per heavy atom. The van der Waals surface area contributed by atoms with Gasteiger partial charge in [-0.3, -0.25) is 0 Å². The van der Waals surface area contributed by atoms with Crippen LogP contribution in [0.3, 0.4) is 0 Å². The highest BCUT2D eigenvalue weighted by Gasteiger charge is 2.42. The van der Waals surface area contributed by atoms with Gasteiger partial charge in [0.1, 0.15) is 5.82 Å². The number of halogens is 1. The van der Waals surface area contributed by atoms with E-state index in [9.17, 15) is 5.11 Å². The van der Waals surface area contributed by atoms with Crippen LogP contribution < -0.4 is 4.90 Å². The molecule has 2 atom stereocenters. The summed E-state index contributed by atoms with van der Waals surface area (Å²) in [6, 6.07) is 1.89. The van der Waals surface area contributed by atoms with Crippen molar-refractivity contribution in [2.45, 2.75) is 37.7 Å². The van der Waals surface area contributed by atoms with Gasteiger partial charge in [0.05, 0.1) is 5.60 Å². The molecule has 1 aliphatic carbocycles. The topological polar surface area (TPSA) is 49.2 Å². The standard InChI is InChI=1S/C13H18ClN3O/c14-12-15-7-4-11(16-12)17-8-6-13(18)5-2-1-3-10(13)9-17/h4,7,10,18H,1-3,5-6,8-9H2. The lowest BCUT2D eigenvalue weighted by Gasteiger charge is -2.47. The summed E-state index contributed by atoms with van der Waals surface area (Å²) in [6.07, 6.45) is 6.98. The second-order valence-electron chi connectivity index (χ2n) is 5.43. The Kier molecular flexibility index (Phi) is 3.16.